The summed E-state index contributed by atoms with van der Waals surface area (Å²) >= 11 is 5.92. The molecule has 0 bridgehead atoms. The van der Waals surface area contributed by atoms with Crippen LogP contribution >= 0.6 is 11.6 Å². The molecule has 0 aromatic heterocycles. The van der Waals surface area contributed by atoms with E-state index in [4.69, 9.17) is 25.8 Å². The highest BCUT2D eigenvalue weighted by Gasteiger charge is 2.24. The minimum absolute atomic E-state index is 0.307. The fraction of sp³-hybridized carbons (Fsp3) is 0.263. The molecular weight excluding hydrogens is 377 g/mol. The summed E-state index contributed by atoms with van der Waals surface area (Å²) in [5.74, 6) is -0.988. The maximum absolute atomic E-state index is 12.9. The van der Waals surface area contributed by atoms with Crippen molar-refractivity contribution in [2.75, 3.05) is 12.4 Å². The van der Waals surface area contributed by atoms with Gasteiger partial charge in [0.2, 0.25) is 0 Å². The van der Waals surface area contributed by atoms with Crippen molar-refractivity contribution < 1.29 is 28.2 Å². The molecule has 0 saturated heterocycles. The Labute approximate surface area is 161 Å². The SMILES string of the molecule is COc1ccc(Cl)cc1NC(=O)[C@@H](C)OC(=O)[C@H](C)Oc1ccc(F)cc1. The van der Waals surface area contributed by atoms with Gasteiger partial charge in [0.25, 0.3) is 5.91 Å². The number of ether oxygens (including phenoxy) is 3. The first-order valence-corrected chi connectivity index (χ1v) is 8.45. The van der Waals surface area contributed by atoms with Crippen molar-refractivity contribution in [3.63, 3.8) is 0 Å². The van der Waals surface area contributed by atoms with Crippen molar-refractivity contribution in [1.82, 2.24) is 0 Å². The van der Waals surface area contributed by atoms with E-state index in [9.17, 15) is 14.0 Å². The molecule has 1 N–H and O–H groups in total. The summed E-state index contributed by atoms with van der Waals surface area (Å²) < 4.78 is 28.5. The lowest BCUT2D eigenvalue weighted by Gasteiger charge is -2.18. The zero-order valence-electron chi connectivity index (χ0n) is 15.0. The average molecular weight is 396 g/mol. The molecule has 0 fully saturated rings. The van der Waals surface area contributed by atoms with Crippen molar-refractivity contribution >= 4 is 29.2 Å². The predicted octanol–water partition coefficient (Wildman–Crippen LogP) is 3.83. The molecule has 0 heterocycles. The molecular formula is C19H19ClFNO5. The number of amides is 1. The number of benzene rings is 2. The normalized spacial score (nSPS) is 12.6. The van der Waals surface area contributed by atoms with Crippen LogP contribution in [0.3, 0.4) is 0 Å². The van der Waals surface area contributed by atoms with E-state index in [1.54, 1.807) is 12.1 Å². The van der Waals surface area contributed by atoms with Crippen LogP contribution in [0.4, 0.5) is 10.1 Å². The number of anilines is 1. The molecule has 0 aliphatic rings. The van der Waals surface area contributed by atoms with E-state index in [0.29, 0.717) is 22.2 Å². The maximum atomic E-state index is 12.9. The van der Waals surface area contributed by atoms with Gasteiger partial charge in [0, 0.05) is 5.02 Å². The standard InChI is InChI=1S/C19H19ClFNO5/c1-11(18(23)22-16-10-13(20)4-9-17(16)25-3)27-19(24)12(2)26-15-7-5-14(21)6-8-15/h4-12H,1-3H3,(H,22,23)/t11-,12+/m1/s1. The Morgan fingerprint density at radius 2 is 1.74 bits per heavy atom. The predicted molar refractivity (Wildman–Crippen MR) is 98.7 cm³/mol. The van der Waals surface area contributed by atoms with Crippen molar-refractivity contribution in [2.45, 2.75) is 26.1 Å². The first-order chi connectivity index (χ1) is 12.8. The van der Waals surface area contributed by atoms with Crippen LogP contribution in [0.1, 0.15) is 13.8 Å². The Bertz CT molecular complexity index is 812. The highest BCUT2D eigenvalue weighted by atomic mass is 35.5. The zero-order chi connectivity index (χ0) is 20.0. The molecule has 27 heavy (non-hydrogen) atoms. The Kier molecular flexibility index (Phi) is 7.01. The first-order valence-electron chi connectivity index (χ1n) is 8.07. The Balaban J connectivity index is 1.94. The van der Waals surface area contributed by atoms with Gasteiger partial charge in [-0.15, -0.1) is 0 Å². The lowest BCUT2D eigenvalue weighted by atomic mass is 10.2. The Morgan fingerprint density at radius 1 is 1.07 bits per heavy atom. The molecule has 2 aromatic rings. The summed E-state index contributed by atoms with van der Waals surface area (Å²) in [5, 5.41) is 3.01. The Hall–Kier alpha value is -2.80. The van der Waals surface area contributed by atoms with Gasteiger partial charge in [-0.2, -0.15) is 0 Å². The third-order valence-electron chi connectivity index (χ3n) is 3.54. The van der Waals surface area contributed by atoms with E-state index in [1.165, 1.54) is 51.3 Å². The van der Waals surface area contributed by atoms with Crippen molar-refractivity contribution in [3.8, 4) is 11.5 Å². The highest BCUT2D eigenvalue weighted by Crippen LogP contribution is 2.27. The van der Waals surface area contributed by atoms with Gasteiger partial charge in [-0.05, 0) is 56.3 Å². The third kappa shape index (κ3) is 5.86. The molecule has 0 aliphatic carbocycles. The van der Waals surface area contributed by atoms with Gasteiger partial charge in [-0.25, -0.2) is 9.18 Å². The Morgan fingerprint density at radius 3 is 2.37 bits per heavy atom. The van der Waals surface area contributed by atoms with Gasteiger partial charge in [-0.3, -0.25) is 4.79 Å². The van der Waals surface area contributed by atoms with Crippen molar-refractivity contribution in [3.05, 3.63) is 53.3 Å². The van der Waals surface area contributed by atoms with E-state index >= 15 is 0 Å². The lowest BCUT2D eigenvalue weighted by molar-refractivity contribution is -0.159. The lowest BCUT2D eigenvalue weighted by Crippen LogP contribution is -2.35. The number of methoxy groups -OCH3 is 1. The number of nitrogens with one attached hydrogen (secondary N) is 1. The molecule has 0 unspecified atom stereocenters. The summed E-state index contributed by atoms with van der Waals surface area (Å²) in [5.41, 5.74) is 0.355. The second-order valence-corrected chi connectivity index (χ2v) is 6.06. The summed E-state index contributed by atoms with van der Waals surface area (Å²) in [6.45, 7) is 2.89. The van der Waals surface area contributed by atoms with Gasteiger partial charge < -0.3 is 19.5 Å². The van der Waals surface area contributed by atoms with Crippen molar-refractivity contribution in [2.24, 2.45) is 0 Å². The molecule has 0 spiro atoms. The number of rotatable bonds is 7. The van der Waals surface area contributed by atoms with Crippen LogP contribution < -0.4 is 14.8 Å². The number of carbonyl (C=O) groups excluding carboxylic acids is 2. The van der Waals surface area contributed by atoms with Gasteiger partial charge in [-0.1, -0.05) is 11.6 Å². The van der Waals surface area contributed by atoms with Gasteiger partial charge in [0.15, 0.2) is 12.2 Å². The molecule has 8 heteroatoms. The largest absolute Gasteiger partial charge is 0.495 e. The van der Waals surface area contributed by atoms with Crippen LogP contribution in [0.25, 0.3) is 0 Å². The molecule has 144 valence electrons. The van der Waals surface area contributed by atoms with Crippen LogP contribution in [0.2, 0.25) is 5.02 Å². The van der Waals surface area contributed by atoms with E-state index in [0.717, 1.165) is 0 Å². The van der Waals surface area contributed by atoms with E-state index < -0.39 is 29.9 Å². The topological polar surface area (TPSA) is 73.9 Å². The van der Waals surface area contributed by atoms with Gasteiger partial charge in [0.05, 0.1) is 12.8 Å². The minimum atomic E-state index is -1.08. The zero-order valence-corrected chi connectivity index (χ0v) is 15.7. The molecule has 0 aliphatic heterocycles. The monoisotopic (exact) mass is 395 g/mol. The highest BCUT2D eigenvalue weighted by molar-refractivity contribution is 6.31. The second-order valence-electron chi connectivity index (χ2n) is 5.63. The first kappa shape index (κ1) is 20.5. The van der Waals surface area contributed by atoms with Crippen molar-refractivity contribution in [1.29, 1.82) is 0 Å². The van der Waals surface area contributed by atoms with Gasteiger partial charge >= 0.3 is 5.97 Å². The van der Waals surface area contributed by atoms with E-state index in [-0.39, 0.29) is 0 Å². The maximum Gasteiger partial charge on any atom is 0.347 e. The minimum Gasteiger partial charge on any atom is -0.495 e. The van der Waals surface area contributed by atoms with Crippen LogP contribution in [0, 0.1) is 5.82 Å². The average Bonchev–Trinajstić information content (AvgIpc) is 2.63. The summed E-state index contributed by atoms with van der Waals surface area (Å²) in [4.78, 5) is 24.4. The molecule has 2 atom stereocenters. The van der Waals surface area contributed by atoms with Gasteiger partial charge in [0.1, 0.15) is 17.3 Å². The summed E-state index contributed by atoms with van der Waals surface area (Å²) in [7, 11) is 1.46. The molecule has 1 amide bonds. The van der Waals surface area contributed by atoms with E-state index in [1.807, 2.05) is 0 Å². The molecule has 0 saturated carbocycles. The summed E-state index contributed by atoms with van der Waals surface area (Å²) in [6.07, 6.45) is -2.06. The fourth-order valence-corrected chi connectivity index (χ4v) is 2.27. The van der Waals surface area contributed by atoms with Crippen LogP contribution in [-0.4, -0.2) is 31.2 Å². The number of esters is 1. The third-order valence-corrected chi connectivity index (χ3v) is 3.78. The van der Waals surface area contributed by atoms with Crippen LogP contribution in [-0.2, 0) is 14.3 Å². The molecule has 2 rings (SSSR count). The fourth-order valence-electron chi connectivity index (χ4n) is 2.10. The number of hydrogen-bond donors (Lipinski definition) is 1. The van der Waals surface area contributed by atoms with E-state index in [2.05, 4.69) is 5.32 Å². The molecule has 6 nitrogen and oxygen atoms in total. The number of carbonyl (C=O) groups is 2. The number of hydrogen-bond acceptors (Lipinski definition) is 5. The number of halogens is 2. The smallest absolute Gasteiger partial charge is 0.347 e. The van der Waals surface area contributed by atoms with Crippen LogP contribution in [0.15, 0.2) is 42.5 Å². The molecule has 0 radical (unpaired) electrons. The van der Waals surface area contributed by atoms with Crippen LogP contribution in [0.5, 0.6) is 11.5 Å². The summed E-state index contributed by atoms with van der Waals surface area (Å²) in [6, 6.07) is 9.94. The quantitative estimate of drug-likeness (QED) is 0.721. The molecule has 2 aromatic carbocycles. The second kappa shape index (κ2) is 9.23.